The van der Waals surface area contributed by atoms with Gasteiger partial charge in [-0.3, -0.25) is 9.59 Å². The monoisotopic (exact) mass is 458 g/mol. The van der Waals surface area contributed by atoms with Crippen molar-refractivity contribution in [3.05, 3.63) is 65.0 Å². The highest BCUT2D eigenvalue weighted by Gasteiger charge is 2.19. The number of nitrogens with zero attached hydrogens (tertiary/aromatic N) is 2. The van der Waals surface area contributed by atoms with E-state index in [2.05, 4.69) is 15.6 Å². The molecule has 10 heteroatoms. The molecule has 2 amide bonds. The van der Waals surface area contributed by atoms with Crippen LogP contribution in [0.1, 0.15) is 15.9 Å². The Kier molecular flexibility index (Phi) is 6.84. The predicted molar refractivity (Wildman–Crippen MR) is 121 cm³/mol. The minimum absolute atomic E-state index is 0.00104. The summed E-state index contributed by atoms with van der Waals surface area (Å²) in [6.45, 7) is 1.71. The Morgan fingerprint density at radius 3 is 2.55 bits per heavy atom. The number of sulfonamides is 1. The van der Waals surface area contributed by atoms with Crippen LogP contribution in [0.25, 0.3) is 11.3 Å². The lowest BCUT2D eigenvalue weighted by Gasteiger charge is -2.12. The number of carbonyl (C=O) groups excluding carboxylic acids is 2. The Labute approximate surface area is 185 Å². The van der Waals surface area contributed by atoms with Crippen molar-refractivity contribution in [1.29, 1.82) is 0 Å². The predicted octanol–water partition coefficient (Wildman–Crippen LogP) is 2.74. The third-order valence-electron chi connectivity index (χ3n) is 4.46. The number of nitrogens with one attached hydrogen (secondary N) is 2. The molecule has 0 saturated heterocycles. The number of hydrogen-bond donors (Lipinski definition) is 2. The second kappa shape index (κ2) is 9.38. The number of aryl methyl sites for hydroxylation is 1. The molecule has 3 rings (SSSR count). The summed E-state index contributed by atoms with van der Waals surface area (Å²) in [5.41, 5.74) is 2.98. The molecule has 31 heavy (non-hydrogen) atoms. The second-order valence-electron chi connectivity index (χ2n) is 6.90. The Bertz CT molecular complexity index is 1220. The normalized spacial score (nSPS) is 11.4. The second-order valence-corrected chi connectivity index (χ2v) is 9.91. The Morgan fingerprint density at radius 2 is 1.84 bits per heavy atom. The molecule has 0 unspecified atom stereocenters. The van der Waals surface area contributed by atoms with Crippen molar-refractivity contribution in [2.75, 3.05) is 26.0 Å². The zero-order chi connectivity index (χ0) is 22.6. The van der Waals surface area contributed by atoms with Gasteiger partial charge < -0.3 is 10.6 Å². The lowest BCUT2D eigenvalue weighted by molar-refractivity contribution is -0.115. The smallest absolute Gasteiger partial charge is 0.251 e. The third kappa shape index (κ3) is 5.35. The van der Waals surface area contributed by atoms with E-state index in [9.17, 15) is 18.0 Å². The highest BCUT2D eigenvalue weighted by Crippen LogP contribution is 2.27. The molecule has 2 aromatic carbocycles. The fourth-order valence-electron chi connectivity index (χ4n) is 2.75. The fourth-order valence-corrected chi connectivity index (χ4v) is 4.42. The molecule has 8 nitrogen and oxygen atoms in total. The molecular weight excluding hydrogens is 436 g/mol. The van der Waals surface area contributed by atoms with Gasteiger partial charge in [-0.05, 0) is 30.7 Å². The summed E-state index contributed by atoms with van der Waals surface area (Å²) in [7, 11) is -0.837. The summed E-state index contributed by atoms with van der Waals surface area (Å²) in [5, 5.41) is 7.43. The summed E-state index contributed by atoms with van der Waals surface area (Å²) < 4.78 is 25.5. The van der Waals surface area contributed by atoms with E-state index in [-0.39, 0.29) is 17.0 Å². The number of rotatable bonds is 7. The van der Waals surface area contributed by atoms with Crippen molar-refractivity contribution in [3.8, 4) is 11.3 Å². The van der Waals surface area contributed by atoms with Gasteiger partial charge in [0.1, 0.15) is 0 Å². The van der Waals surface area contributed by atoms with E-state index in [1.165, 1.54) is 49.7 Å². The standard InChI is InChI=1S/C21H22N4O4S2/c1-14-7-4-5-10-17(14)18-13-30-21(23-18)24-19(26)12-22-20(27)15-8-6-9-16(11-15)31(28,29)25(2)3/h4-11,13H,12H2,1-3H3,(H,22,27)(H,23,24,26). The number of amides is 2. The van der Waals surface area contributed by atoms with E-state index >= 15 is 0 Å². The maximum Gasteiger partial charge on any atom is 0.251 e. The van der Waals surface area contributed by atoms with Crippen LogP contribution in [0, 0.1) is 6.92 Å². The maximum atomic E-state index is 12.4. The zero-order valence-electron chi connectivity index (χ0n) is 17.2. The summed E-state index contributed by atoms with van der Waals surface area (Å²) >= 11 is 1.29. The number of hydrogen-bond acceptors (Lipinski definition) is 6. The van der Waals surface area contributed by atoms with Gasteiger partial charge in [0.05, 0.1) is 17.1 Å². The van der Waals surface area contributed by atoms with Crippen molar-refractivity contribution in [1.82, 2.24) is 14.6 Å². The first-order valence-electron chi connectivity index (χ1n) is 9.30. The van der Waals surface area contributed by atoms with Crippen LogP contribution in [0.3, 0.4) is 0 Å². The minimum Gasteiger partial charge on any atom is -0.343 e. The molecule has 1 heterocycles. The first-order chi connectivity index (χ1) is 14.7. The van der Waals surface area contributed by atoms with Crippen molar-refractivity contribution in [2.24, 2.45) is 0 Å². The van der Waals surface area contributed by atoms with E-state index in [0.29, 0.717) is 5.13 Å². The molecule has 0 saturated carbocycles. The fraction of sp³-hybridized carbons (Fsp3) is 0.190. The minimum atomic E-state index is -3.66. The molecule has 2 N–H and O–H groups in total. The van der Waals surface area contributed by atoms with Crippen LogP contribution >= 0.6 is 11.3 Å². The van der Waals surface area contributed by atoms with Crippen molar-refractivity contribution >= 4 is 38.3 Å². The van der Waals surface area contributed by atoms with Crippen molar-refractivity contribution in [2.45, 2.75) is 11.8 Å². The molecule has 3 aromatic rings. The first kappa shape index (κ1) is 22.6. The molecular formula is C21H22N4O4S2. The quantitative estimate of drug-likeness (QED) is 0.566. The van der Waals surface area contributed by atoms with E-state index in [4.69, 9.17) is 0 Å². The van der Waals surface area contributed by atoms with E-state index in [1.54, 1.807) is 0 Å². The van der Waals surface area contributed by atoms with Gasteiger partial charge in [0.25, 0.3) is 5.91 Å². The molecule has 0 bridgehead atoms. The number of aromatic nitrogens is 1. The molecule has 0 aliphatic carbocycles. The van der Waals surface area contributed by atoms with Crippen LogP contribution in [0.15, 0.2) is 58.8 Å². The molecule has 0 radical (unpaired) electrons. The summed E-state index contributed by atoms with van der Waals surface area (Å²) in [6.07, 6.45) is 0. The third-order valence-corrected chi connectivity index (χ3v) is 7.02. The van der Waals surface area contributed by atoms with Gasteiger partial charge in [0.2, 0.25) is 15.9 Å². The van der Waals surface area contributed by atoms with E-state index in [1.807, 2.05) is 36.6 Å². The number of thiazole rings is 1. The van der Waals surface area contributed by atoms with Crippen LogP contribution in [-0.4, -0.2) is 50.2 Å². The summed E-state index contributed by atoms with van der Waals surface area (Å²) in [4.78, 5) is 29.0. The molecule has 1 aromatic heterocycles. The zero-order valence-corrected chi connectivity index (χ0v) is 18.9. The van der Waals surface area contributed by atoms with Gasteiger partial charge in [0, 0.05) is 30.6 Å². The first-order valence-corrected chi connectivity index (χ1v) is 11.6. The molecule has 0 atom stereocenters. The molecule has 0 fully saturated rings. The molecule has 0 aliphatic rings. The highest BCUT2D eigenvalue weighted by atomic mass is 32.2. The van der Waals surface area contributed by atoms with Gasteiger partial charge >= 0.3 is 0 Å². The summed E-state index contributed by atoms with van der Waals surface area (Å²) in [6, 6.07) is 13.5. The Hall–Kier alpha value is -3.08. The van der Waals surface area contributed by atoms with Gasteiger partial charge in [-0.1, -0.05) is 30.3 Å². The summed E-state index contributed by atoms with van der Waals surface area (Å²) in [5.74, 6) is -0.984. The van der Waals surface area contributed by atoms with Gasteiger partial charge in [-0.2, -0.15) is 0 Å². The van der Waals surface area contributed by atoms with E-state index < -0.39 is 21.8 Å². The van der Waals surface area contributed by atoms with Gasteiger partial charge in [-0.15, -0.1) is 11.3 Å². The average Bonchev–Trinajstić information content (AvgIpc) is 3.20. The molecule has 162 valence electrons. The van der Waals surface area contributed by atoms with Crippen LogP contribution in [-0.2, 0) is 14.8 Å². The lowest BCUT2D eigenvalue weighted by atomic mass is 10.1. The lowest BCUT2D eigenvalue weighted by Crippen LogP contribution is -2.33. The van der Waals surface area contributed by atoms with Crippen molar-refractivity contribution in [3.63, 3.8) is 0 Å². The SMILES string of the molecule is Cc1ccccc1-c1csc(NC(=O)CNC(=O)c2cccc(S(=O)(=O)N(C)C)c2)n1. The van der Waals surface area contributed by atoms with Crippen LogP contribution in [0.4, 0.5) is 5.13 Å². The van der Waals surface area contributed by atoms with Crippen molar-refractivity contribution < 1.29 is 18.0 Å². The number of carbonyl (C=O) groups is 2. The van der Waals surface area contributed by atoms with Crippen LogP contribution in [0.2, 0.25) is 0 Å². The number of anilines is 1. The highest BCUT2D eigenvalue weighted by molar-refractivity contribution is 7.89. The number of benzene rings is 2. The Balaban J connectivity index is 1.61. The topological polar surface area (TPSA) is 108 Å². The largest absolute Gasteiger partial charge is 0.343 e. The van der Waals surface area contributed by atoms with Gasteiger partial charge in [-0.25, -0.2) is 17.7 Å². The van der Waals surface area contributed by atoms with Crippen LogP contribution < -0.4 is 10.6 Å². The maximum absolute atomic E-state index is 12.4. The molecule has 0 spiro atoms. The average molecular weight is 459 g/mol. The van der Waals surface area contributed by atoms with E-state index in [0.717, 1.165) is 21.1 Å². The molecule has 0 aliphatic heterocycles. The van der Waals surface area contributed by atoms with Gasteiger partial charge in [0.15, 0.2) is 5.13 Å². The Morgan fingerprint density at radius 1 is 1.10 bits per heavy atom. The van der Waals surface area contributed by atoms with Crippen LogP contribution in [0.5, 0.6) is 0 Å².